The van der Waals surface area contributed by atoms with Crippen LogP contribution in [0.15, 0.2) is 24.3 Å². The van der Waals surface area contributed by atoms with Gasteiger partial charge in [-0.1, -0.05) is 39.8 Å². The van der Waals surface area contributed by atoms with E-state index >= 15 is 0 Å². The summed E-state index contributed by atoms with van der Waals surface area (Å²) in [5, 5.41) is 9.89. The molecule has 0 aliphatic carbocycles. The van der Waals surface area contributed by atoms with Gasteiger partial charge in [0.15, 0.2) is 0 Å². The summed E-state index contributed by atoms with van der Waals surface area (Å²) in [5.41, 5.74) is 0.607. The summed E-state index contributed by atoms with van der Waals surface area (Å²) >= 11 is 0. The molecule has 0 heterocycles. The molecule has 96 valence electrons. The van der Waals surface area contributed by atoms with Gasteiger partial charge in [-0.2, -0.15) is 0 Å². The van der Waals surface area contributed by atoms with Crippen LogP contribution in [0.4, 0.5) is 0 Å². The first-order valence-corrected chi connectivity index (χ1v) is 6.20. The minimum atomic E-state index is -0.752. The fourth-order valence-electron chi connectivity index (χ4n) is 1.39. The van der Waals surface area contributed by atoms with Crippen LogP contribution in [0, 0.1) is 0 Å². The van der Waals surface area contributed by atoms with Crippen LogP contribution in [0.2, 0.25) is 0 Å². The van der Waals surface area contributed by atoms with Crippen molar-refractivity contribution in [2.45, 2.75) is 52.1 Å². The van der Waals surface area contributed by atoms with Crippen molar-refractivity contribution in [1.29, 1.82) is 0 Å². The fraction of sp³-hybridized carbons (Fsp3) is 0.600. The third-order valence-corrected chi connectivity index (χ3v) is 3.01. The molecule has 0 saturated heterocycles. The third-order valence-electron chi connectivity index (χ3n) is 3.01. The Morgan fingerprint density at radius 3 is 2.35 bits per heavy atom. The van der Waals surface area contributed by atoms with Gasteiger partial charge in [-0.3, -0.25) is 0 Å². The zero-order valence-electron chi connectivity index (χ0n) is 11.6. The van der Waals surface area contributed by atoms with E-state index < -0.39 is 5.60 Å². The van der Waals surface area contributed by atoms with Crippen molar-refractivity contribution in [2.75, 3.05) is 6.61 Å². The summed E-state index contributed by atoms with van der Waals surface area (Å²) in [5.74, 6) is 0.825. The number of rotatable bonds is 4. The largest absolute Gasteiger partial charge is 0.491 e. The van der Waals surface area contributed by atoms with Crippen LogP contribution < -0.4 is 4.74 Å². The number of benzene rings is 1. The monoisotopic (exact) mass is 236 g/mol. The number of aliphatic hydroxyl groups is 1. The van der Waals surface area contributed by atoms with E-state index in [0.29, 0.717) is 13.0 Å². The maximum atomic E-state index is 9.89. The molecule has 1 atom stereocenters. The van der Waals surface area contributed by atoms with Crippen molar-refractivity contribution in [1.82, 2.24) is 0 Å². The molecule has 0 spiro atoms. The molecule has 2 nitrogen and oxygen atoms in total. The maximum absolute atomic E-state index is 9.89. The van der Waals surface area contributed by atoms with Gasteiger partial charge in [0.05, 0.1) is 5.60 Å². The average molecular weight is 236 g/mol. The van der Waals surface area contributed by atoms with Crippen molar-refractivity contribution in [3.63, 3.8) is 0 Å². The first kappa shape index (κ1) is 14.0. The van der Waals surface area contributed by atoms with Crippen molar-refractivity contribution >= 4 is 0 Å². The molecule has 2 heteroatoms. The molecular weight excluding hydrogens is 212 g/mol. The Hall–Kier alpha value is -1.02. The Labute approximate surface area is 105 Å². The molecule has 1 N–H and O–H groups in total. The molecular formula is C15H24O2. The lowest BCUT2D eigenvalue weighted by molar-refractivity contribution is 0.00843. The van der Waals surface area contributed by atoms with Gasteiger partial charge in [0.1, 0.15) is 12.4 Å². The van der Waals surface area contributed by atoms with Crippen molar-refractivity contribution < 1.29 is 9.84 Å². The SMILES string of the molecule is CCC(C)(O)COc1cccc(C(C)(C)C)c1. The lowest BCUT2D eigenvalue weighted by Crippen LogP contribution is -2.31. The molecule has 1 aromatic rings. The average Bonchev–Trinajstić information content (AvgIpc) is 2.26. The summed E-state index contributed by atoms with van der Waals surface area (Å²) in [4.78, 5) is 0. The number of ether oxygens (including phenoxy) is 1. The highest BCUT2D eigenvalue weighted by Gasteiger charge is 2.19. The summed E-state index contributed by atoms with van der Waals surface area (Å²) in [6.07, 6.45) is 0.686. The van der Waals surface area contributed by atoms with Crippen molar-refractivity contribution in [3.8, 4) is 5.75 Å². The Morgan fingerprint density at radius 1 is 1.18 bits per heavy atom. The van der Waals surface area contributed by atoms with Gasteiger partial charge in [-0.25, -0.2) is 0 Å². The number of hydrogen-bond donors (Lipinski definition) is 1. The van der Waals surface area contributed by atoms with Gasteiger partial charge >= 0.3 is 0 Å². The third kappa shape index (κ3) is 4.39. The minimum absolute atomic E-state index is 0.118. The van der Waals surface area contributed by atoms with E-state index in [1.165, 1.54) is 5.56 Å². The molecule has 0 aliphatic heterocycles. The van der Waals surface area contributed by atoms with E-state index in [1.54, 1.807) is 6.92 Å². The van der Waals surface area contributed by atoms with Gasteiger partial charge in [0.2, 0.25) is 0 Å². The summed E-state index contributed by atoms with van der Waals surface area (Å²) in [6.45, 7) is 10.6. The quantitative estimate of drug-likeness (QED) is 0.866. The van der Waals surface area contributed by atoms with Gasteiger partial charge in [0.25, 0.3) is 0 Å². The van der Waals surface area contributed by atoms with Crippen LogP contribution in [0.3, 0.4) is 0 Å². The molecule has 1 aromatic carbocycles. The normalized spacial score (nSPS) is 15.4. The van der Waals surface area contributed by atoms with E-state index in [4.69, 9.17) is 4.74 Å². The molecule has 0 saturated carbocycles. The summed E-state index contributed by atoms with van der Waals surface area (Å²) in [6, 6.07) is 8.08. The van der Waals surface area contributed by atoms with Crippen LogP contribution in [0.1, 0.15) is 46.6 Å². The lowest BCUT2D eigenvalue weighted by atomic mass is 9.87. The Bertz CT molecular complexity index is 361. The topological polar surface area (TPSA) is 29.5 Å². The molecule has 0 amide bonds. The number of hydrogen-bond acceptors (Lipinski definition) is 2. The highest BCUT2D eigenvalue weighted by molar-refractivity contribution is 5.32. The molecule has 0 fully saturated rings. The van der Waals surface area contributed by atoms with E-state index in [0.717, 1.165) is 5.75 Å². The smallest absolute Gasteiger partial charge is 0.119 e. The summed E-state index contributed by atoms with van der Waals surface area (Å²) in [7, 11) is 0. The fourth-order valence-corrected chi connectivity index (χ4v) is 1.39. The van der Waals surface area contributed by atoms with Gasteiger partial charge in [-0.05, 0) is 36.5 Å². The zero-order chi connectivity index (χ0) is 13.1. The Kier molecular flexibility index (Phi) is 4.21. The Morgan fingerprint density at radius 2 is 1.82 bits per heavy atom. The highest BCUT2D eigenvalue weighted by Crippen LogP contribution is 2.26. The molecule has 0 radical (unpaired) electrons. The van der Waals surface area contributed by atoms with Crippen molar-refractivity contribution in [3.05, 3.63) is 29.8 Å². The van der Waals surface area contributed by atoms with Crippen LogP contribution >= 0.6 is 0 Å². The predicted octanol–water partition coefficient (Wildman–Crippen LogP) is 3.52. The molecule has 17 heavy (non-hydrogen) atoms. The molecule has 0 aliphatic rings. The van der Waals surface area contributed by atoms with E-state index in [9.17, 15) is 5.11 Å². The second-order valence-corrected chi connectivity index (χ2v) is 5.92. The molecule has 1 unspecified atom stereocenters. The standard InChI is InChI=1S/C15H24O2/c1-6-15(5,16)11-17-13-9-7-8-12(10-13)14(2,3)4/h7-10,16H,6,11H2,1-5H3. The minimum Gasteiger partial charge on any atom is -0.491 e. The first-order chi connectivity index (χ1) is 7.74. The van der Waals surface area contributed by atoms with E-state index in [1.807, 2.05) is 25.1 Å². The molecule has 1 rings (SSSR count). The van der Waals surface area contributed by atoms with Crippen LogP contribution in [0.5, 0.6) is 5.75 Å². The molecule has 0 aromatic heterocycles. The second-order valence-electron chi connectivity index (χ2n) is 5.92. The summed E-state index contributed by atoms with van der Waals surface area (Å²) < 4.78 is 5.65. The zero-order valence-corrected chi connectivity index (χ0v) is 11.6. The van der Waals surface area contributed by atoms with Crippen LogP contribution in [-0.2, 0) is 5.41 Å². The second kappa shape index (κ2) is 5.09. The van der Waals surface area contributed by atoms with Gasteiger partial charge in [0, 0.05) is 0 Å². The molecule has 0 bridgehead atoms. The van der Waals surface area contributed by atoms with Crippen molar-refractivity contribution in [2.24, 2.45) is 0 Å². The van der Waals surface area contributed by atoms with Gasteiger partial charge < -0.3 is 9.84 Å². The van der Waals surface area contributed by atoms with Crippen LogP contribution in [-0.4, -0.2) is 17.3 Å². The van der Waals surface area contributed by atoms with E-state index in [-0.39, 0.29) is 5.41 Å². The van der Waals surface area contributed by atoms with Crippen LogP contribution in [0.25, 0.3) is 0 Å². The predicted molar refractivity (Wildman–Crippen MR) is 71.6 cm³/mol. The lowest BCUT2D eigenvalue weighted by Gasteiger charge is -2.23. The highest BCUT2D eigenvalue weighted by atomic mass is 16.5. The Balaban J connectivity index is 2.74. The van der Waals surface area contributed by atoms with Gasteiger partial charge in [-0.15, -0.1) is 0 Å². The maximum Gasteiger partial charge on any atom is 0.119 e. The van der Waals surface area contributed by atoms with E-state index in [2.05, 4.69) is 26.8 Å². The first-order valence-electron chi connectivity index (χ1n) is 6.20.